The summed E-state index contributed by atoms with van der Waals surface area (Å²) in [6, 6.07) is -5.70. The van der Waals surface area contributed by atoms with Gasteiger partial charge in [0.1, 0.15) is 18.1 Å². The van der Waals surface area contributed by atoms with Crippen LogP contribution in [0.5, 0.6) is 0 Å². The van der Waals surface area contributed by atoms with Gasteiger partial charge < -0.3 is 42.7 Å². The molecular weight excluding hydrogens is 430 g/mol. The number of amides is 4. The van der Waals surface area contributed by atoms with E-state index in [0.29, 0.717) is 6.42 Å². The second-order valence-corrected chi connectivity index (χ2v) is 7.22. The molecule has 5 atom stereocenters. The average Bonchev–Trinajstić information content (AvgIpc) is 2.71. The number of aliphatic carboxylic acids is 2. The van der Waals surface area contributed by atoms with E-state index < -0.39 is 79.2 Å². The molecule has 0 bridgehead atoms. The molecule has 14 heteroatoms. The topological polar surface area (TPSA) is 251 Å². The van der Waals surface area contributed by atoms with Crippen LogP contribution >= 0.6 is 0 Å². The van der Waals surface area contributed by atoms with E-state index in [1.807, 2.05) is 5.32 Å². The van der Waals surface area contributed by atoms with Crippen molar-refractivity contribution >= 4 is 35.6 Å². The Balaban J connectivity index is 5.36. The summed E-state index contributed by atoms with van der Waals surface area (Å²) in [6.45, 7) is 2.57. The van der Waals surface area contributed by atoms with E-state index in [4.69, 9.17) is 21.7 Å². The van der Waals surface area contributed by atoms with E-state index in [-0.39, 0.29) is 12.3 Å². The third kappa shape index (κ3) is 10.2. The van der Waals surface area contributed by atoms with Crippen LogP contribution in [0.4, 0.5) is 0 Å². The molecule has 0 spiro atoms. The van der Waals surface area contributed by atoms with Crippen molar-refractivity contribution in [3.8, 4) is 0 Å². The van der Waals surface area contributed by atoms with Crippen LogP contribution in [0.3, 0.4) is 0 Å². The van der Waals surface area contributed by atoms with E-state index in [1.54, 1.807) is 13.8 Å². The molecule has 0 aromatic heterocycles. The minimum absolute atomic E-state index is 0.229. The highest BCUT2D eigenvalue weighted by Crippen LogP contribution is 2.07. The number of rotatable bonds is 15. The zero-order valence-electron chi connectivity index (χ0n) is 17.9. The van der Waals surface area contributed by atoms with Crippen LogP contribution in [0.25, 0.3) is 0 Å². The predicted molar refractivity (Wildman–Crippen MR) is 109 cm³/mol. The van der Waals surface area contributed by atoms with Crippen LogP contribution in [-0.2, 0) is 28.8 Å². The van der Waals surface area contributed by atoms with Crippen molar-refractivity contribution in [2.75, 3.05) is 6.61 Å². The normalized spacial score (nSPS) is 15.4. The first-order valence-electron chi connectivity index (χ1n) is 9.84. The number of carboxylic acids is 2. The number of carbonyl (C=O) groups excluding carboxylic acids is 4. The van der Waals surface area contributed by atoms with E-state index in [0.717, 1.165) is 0 Å². The molecule has 0 radical (unpaired) electrons. The molecule has 0 aromatic rings. The van der Waals surface area contributed by atoms with Crippen molar-refractivity contribution in [1.82, 2.24) is 16.0 Å². The number of carboxylic acid groups (broad SMARTS) is 2. The predicted octanol–water partition coefficient (Wildman–Crippen LogP) is -3.37. The van der Waals surface area contributed by atoms with Gasteiger partial charge in [0.25, 0.3) is 0 Å². The molecule has 0 saturated carbocycles. The Hall–Kier alpha value is -3.26. The third-order valence-corrected chi connectivity index (χ3v) is 4.68. The fraction of sp³-hybridized carbons (Fsp3) is 0.667. The summed E-state index contributed by atoms with van der Waals surface area (Å²) in [5.74, 6) is -6.87. The highest BCUT2D eigenvalue weighted by Gasteiger charge is 2.31. The summed E-state index contributed by atoms with van der Waals surface area (Å²) < 4.78 is 0. The average molecular weight is 461 g/mol. The number of nitrogens with one attached hydrogen (secondary N) is 3. The number of aliphatic hydroxyl groups excluding tert-OH is 1. The van der Waals surface area contributed by atoms with Gasteiger partial charge in [0.2, 0.25) is 23.6 Å². The summed E-state index contributed by atoms with van der Waals surface area (Å²) in [5, 5.41) is 33.8. The molecule has 0 aromatic carbocycles. The second-order valence-electron chi connectivity index (χ2n) is 7.22. The summed E-state index contributed by atoms with van der Waals surface area (Å²) in [5.41, 5.74) is 10.7. The monoisotopic (exact) mass is 461 g/mol. The summed E-state index contributed by atoms with van der Waals surface area (Å²) >= 11 is 0. The Morgan fingerprint density at radius 3 is 1.81 bits per heavy atom. The lowest BCUT2D eigenvalue weighted by molar-refractivity contribution is -0.144. The molecule has 182 valence electrons. The van der Waals surface area contributed by atoms with E-state index in [1.165, 1.54) is 0 Å². The van der Waals surface area contributed by atoms with E-state index >= 15 is 0 Å². The summed E-state index contributed by atoms with van der Waals surface area (Å²) in [4.78, 5) is 70.1. The lowest BCUT2D eigenvalue weighted by Gasteiger charge is -2.25. The lowest BCUT2D eigenvalue weighted by Crippen LogP contribution is -2.58. The molecule has 32 heavy (non-hydrogen) atoms. The van der Waals surface area contributed by atoms with Gasteiger partial charge in [0.15, 0.2) is 0 Å². The zero-order valence-corrected chi connectivity index (χ0v) is 17.9. The number of primary amides is 1. The standard InChI is InChI=1S/C18H31N5O9/c1-3-8(2)14(20)17(30)21-9(4-5-13(26)27)15(28)23-11(7-24)16(29)22-10(18(31)32)6-12(19)25/h8-11,14,24H,3-7,20H2,1-2H3,(H2,19,25)(H,21,30)(H,22,29)(H,23,28)(H,26,27)(H,31,32). The molecule has 0 aliphatic rings. The number of nitrogens with two attached hydrogens (primary N) is 2. The molecule has 0 rings (SSSR count). The maximum absolute atomic E-state index is 12.6. The fourth-order valence-electron chi connectivity index (χ4n) is 2.46. The number of aliphatic hydroxyl groups is 1. The van der Waals surface area contributed by atoms with Crippen LogP contribution in [0.2, 0.25) is 0 Å². The first kappa shape index (κ1) is 28.7. The summed E-state index contributed by atoms with van der Waals surface area (Å²) in [7, 11) is 0. The van der Waals surface area contributed by atoms with Gasteiger partial charge in [-0.2, -0.15) is 0 Å². The Kier molecular flexibility index (Phi) is 12.5. The van der Waals surface area contributed by atoms with Gasteiger partial charge in [-0.15, -0.1) is 0 Å². The van der Waals surface area contributed by atoms with Crippen molar-refractivity contribution < 1.29 is 44.1 Å². The number of carbonyl (C=O) groups is 6. The molecule has 0 aliphatic carbocycles. The third-order valence-electron chi connectivity index (χ3n) is 4.68. The van der Waals surface area contributed by atoms with Gasteiger partial charge in [-0.3, -0.25) is 24.0 Å². The van der Waals surface area contributed by atoms with Crippen molar-refractivity contribution in [2.24, 2.45) is 17.4 Å². The smallest absolute Gasteiger partial charge is 0.326 e. The number of hydrogen-bond acceptors (Lipinski definition) is 8. The largest absolute Gasteiger partial charge is 0.481 e. The van der Waals surface area contributed by atoms with Crippen LogP contribution < -0.4 is 27.4 Å². The first-order chi connectivity index (χ1) is 14.8. The highest BCUT2D eigenvalue weighted by atomic mass is 16.4. The second kappa shape index (κ2) is 13.9. The minimum Gasteiger partial charge on any atom is -0.481 e. The molecule has 0 aliphatic heterocycles. The van der Waals surface area contributed by atoms with Gasteiger partial charge in [0.05, 0.1) is 19.1 Å². The van der Waals surface area contributed by atoms with Crippen LogP contribution in [0.1, 0.15) is 39.5 Å². The van der Waals surface area contributed by atoms with Crippen LogP contribution in [-0.4, -0.2) is 81.7 Å². The highest BCUT2D eigenvalue weighted by molar-refractivity contribution is 5.95. The molecule has 4 amide bonds. The maximum Gasteiger partial charge on any atom is 0.326 e. The van der Waals surface area contributed by atoms with E-state index in [9.17, 15) is 33.9 Å². The molecule has 0 saturated heterocycles. The zero-order chi connectivity index (χ0) is 25.0. The maximum atomic E-state index is 12.6. The van der Waals surface area contributed by atoms with Crippen molar-refractivity contribution in [3.63, 3.8) is 0 Å². The SMILES string of the molecule is CCC(C)C(N)C(=O)NC(CCC(=O)O)C(=O)NC(CO)C(=O)NC(CC(N)=O)C(=O)O. The van der Waals surface area contributed by atoms with Crippen molar-refractivity contribution in [3.05, 3.63) is 0 Å². The molecule has 14 nitrogen and oxygen atoms in total. The Labute approximate surface area is 184 Å². The molecule has 5 unspecified atom stereocenters. The van der Waals surface area contributed by atoms with Crippen molar-refractivity contribution in [2.45, 2.75) is 63.7 Å². The molecule has 0 heterocycles. The molecule has 10 N–H and O–H groups in total. The summed E-state index contributed by atoms with van der Waals surface area (Å²) in [6.07, 6.45) is -0.979. The lowest BCUT2D eigenvalue weighted by atomic mass is 9.98. The Bertz CT molecular complexity index is 715. The van der Waals surface area contributed by atoms with Crippen molar-refractivity contribution in [1.29, 1.82) is 0 Å². The van der Waals surface area contributed by atoms with Gasteiger partial charge in [-0.05, 0) is 12.3 Å². The van der Waals surface area contributed by atoms with Gasteiger partial charge in [-0.1, -0.05) is 20.3 Å². The van der Waals surface area contributed by atoms with Gasteiger partial charge in [-0.25, -0.2) is 4.79 Å². The van der Waals surface area contributed by atoms with Gasteiger partial charge >= 0.3 is 11.9 Å². The quantitative estimate of drug-likeness (QED) is 0.120. The van der Waals surface area contributed by atoms with E-state index in [2.05, 4.69) is 10.6 Å². The molecular formula is C18H31N5O9. The van der Waals surface area contributed by atoms with Crippen LogP contribution in [0.15, 0.2) is 0 Å². The fourth-order valence-corrected chi connectivity index (χ4v) is 2.46. The van der Waals surface area contributed by atoms with Gasteiger partial charge in [0, 0.05) is 6.42 Å². The number of hydrogen-bond donors (Lipinski definition) is 8. The van der Waals surface area contributed by atoms with Crippen LogP contribution in [0, 0.1) is 5.92 Å². The Morgan fingerprint density at radius 2 is 1.38 bits per heavy atom. The Morgan fingerprint density at radius 1 is 0.875 bits per heavy atom. The minimum atomic E-state index is -1.69. The molecule has 0 fully saturated rings. The first-order valence-corrected chi connectivity index (χ1v) is 9.84.